The van der Waals surface area contributed by atoms with Crippen LogP contribution in [0.25, 0.3) is 98.5 Å². The smallest absolute Gasteiger partial charge is 0.164 e. The minimum atomic E-state index is -0.579. The average Bonchev–Trinajstić information content (AvgIpc) is 3.85. The van der Waals surface area contributed by atoms with Gasteiger partial charge in [-0.15, -0.1) is 11.3 Å². The van der Waals surface area contributed by atoms with Gasteiger partial charge in [0.05, 0.1) is 13.7 Å². The Morgan fingerprint density at radius 2 is 1.14 bits per heavy atom. The van der Waals surface area contributed by atoms with Gasteiger partial charge in [-0.25, -0.2) is 15.0 Å². The lowest BCUT2D eigenvalue weighted by atomic mass is 9.95. The van der Waals surface area contributed by atoms with Crippen molar-refractivity contribution < 1.29 is 18.1 Å². The molecule has 3 heterocycles. The summed E-state index contributed by atoms with van der Waals surface area (Å²) in [6.45, 7) is 0. The van der Waals surface area contributed by atoms with Crippen LogP contribution in [0.3, 0.4) is 0 Å². The van der Waals surface area contributed by atoms with Crippen LogP contribution < -0.4 is 0 Å². The van der Waals surface area contributed by atoms with Crippen LogP contribution in [0.4, 0.5) is 0 Å². The SMILES string of the molecule is [2H]c1c([2H])c([2H])c(-c2cc(-c3c([2H])c([2H])c([2H])c([2H])c3[2H])c3oc4cccc(-c5nc(-c6ccccc6)nc(-c6ccc7sc8ccccc8c7c6)n5)c4c3c2)c([2H])c1[2H]. The fraction of sp³-hybridized carbons (Fsp3) is 0. The molecule has 5 heteroatoms. The summed E-state index contributed by atoms with van der Waals surface area (Å²) in [6.07, 6.45) is 0. The Morgan fingerprint density at radius 1 is 0.460 bits per heavy atom. The minimum absolute atomic E-state index is 0.0751. The van der Waals surface area contributed by atoms with E-state index in [9.17, 15) is 0 Å². The molecule has 0 fully saturated rings. The van der Waals surface area contributed by atoms with Crippen LogP contribution >= 0.6 is 11.3 Å². The molecule has 0 spiro atoms. The largest absolute Gasteiger partial charge is 0.455 e. The molecule has 0 radical (unpaired) electrons. The summed E-state index contributed by atoms with van der Waals surface area (Å²) < 4.78 is 94.7. The summed E-state index contributed by atoms with van der Waals surface area (Å²) in [6, 6.07) is 27.0. The van der Waals surface area contributed by atoms with Crippen LogP contribution in [0.15, 0.2) is 168 Å². The predicted molar refractivity (Wildman–Crippen MR) is 207 cm³/mol. The molecule has 4 nitrogen and oxygen atoms in total. The number of aromatic nitrogens is 3. The molecule has 0 N–H and O–H groups in total. The Hall–Kier alpha value is -6.43. The Balaban J connectivity index is 1.30. The summed E-state index contributed by atoms with van der Waals surface area (Å²) in [5, 5.41) is 3.06. The fourth-order valence-electron chi connectivity index (χ4n) is 6.43. The Bertz CT molecular complexity index is 3400. The number of nitrogens with zero attached hydrogens (tertiary/aromatic N) is 3. The maximum atomic E-state index is 8.91. The van der Waals surface area contributed by atoms with Crippen molar-refractivity contribution in [3.8, 4) is 56.4 Å². The quantitative estimate of drug-likeness (QED) is 0.183. The molecule has 0 amide bonds. The van der Waals surface area contributed by atoms with Crippen molar-refractivity contribution in [1.82, 2.24) is 15.0 Å². The van der Waals surface area contributed by atoms with E-state index in [2.05, 4.69) is 24.3 Å². The number of fused-ring (bicyclic) bond motifs is 6. The molecule has 7 aromatic carbocycles. The van der Waals surface area contributed by atoms with Gasteiger partial charge in [0, 0.05) is 53.2 Å². The van der Waals surface area contributed by atoms with Gasteiger partial charge >= 0.3 is 0 Å². The number of rotatable bonds is 5. The van der Waals surface area contributed by atoms with E-state index < -0.39 is 60.4 Å². The normalized spacial score (nSPS) is 14.4. The maximum absolute atomic E-state index is 8.91. The van der Waals surface area contributed by atoms with Gasteiger partial charge in [-0.05, 0) is 59.2 Å². The minimum Gasteiger partial charge on any atom is -0.455 e. The number of thiophene rings is 1. The van der Waals surface area contributed by atoms with Gasteiger partial charge in [0.15, 0.2) is 17.5 Å². The first-order valence-corrected chi connectivity index (χ1v) is 16.6. The molecular weight excluding hydrogens is 631 g/mol. The molecule has 0 atom stereocenters. The zero-order chi connectivity index (χ0) is 41.7. The predicted octanol–water partition coefficient (Wildman–Crippen LogP) is 12.5. The summed E-state index contributed by atoms with van der Waals surface area (Å²) in [4.78, 5) is 15.0. The van der Waals surface area contributed by atoms with E-state index in [0.29, 0.717) is 39.4 Å². The third-order valence-corrected chi connectivity index (χ3v) is 9.85. The first-order valence-electron chi connectivity index (χ1n) is 20.8. The standard InChI is InChI=1S/C45H27N3OS/c1-4-13-28(14-5-1)32-26-35(29-15-6-2-7-16-29)42-37(27-32)41-34(20-12-21-38(41)49-42)45-47-43(30-17-8-3-9-18-30)46-44(48-45)31-23-24-40-36(25-31)33-19-10-11-22-39(33)50-40/h1-27H/i1D,2D,4D,5D,6D,7D,13D,14D,15D,16D. The third kappa shape index (κ3) is 4.79. The van der Waals surface area contributed by atoms with Gasteiger partial charge in [0.2, 0.25) is 0 Å². The van der Waals surface area contributed by atoms with E-state index in [1.165, 1.54) is 6.07 Å². The molecule has 234 valence electrons. The van der Waals surface area contributed by atoms with E-state index in [4.69, 9.17) is 33.1 Å². The van der Waals surface area contributed by atoms with Crippen LogP contribution in [0, 0.1) is 0 Å². The second-order valence-corrected chi connectivity index (χ2v) is 12.7. The average molecular weight is 668 g/mol. The highest BCUT2D eigenvalue weighted by atomic mass is 32.1. The van der Waals surface area contributed by atoms with E-state index in [1.807, 2.05) is 54.6 Å². The number of hydrogen-bond donors (Lipinski definition) is 0. The van der Waals surface area contributed by atoms with E-state index in [-0.39, 0.29) is 27.8 Å². The molecule has 50 heavy (non-hydrogen) atoms. The fourth-order valence-corrected chi connectivity index (χ4v) is 7.52. The van der Waals surface area contributed by atoms with Crippen LogP contribution in [0.5, 0.6) is 0 Å². The highest BCUT2D eigenvalue weighted by Crippen LogP contribution is 2.43. The molecular formula is C45H27N3OS. The van der Waals surface area contributed by atoms with Crippen molar-refractivity contribution >= 4 is 53.4 Å². The monoisotopic (exact) mass is 667 g/mol. The maximum Gasteiger partial charge on any atom is 0.164 e. The van der Waals surface area contributed by atoms with Gasteiger partial charge in [-0.2, -0.15) is 0 Å². The van der Waals surface area contributed by atoms with Crippen molar-refractivity contribution in [3.05, 3.63) is 164 Å². The van der Waals surface area contributed by atoms with Gasteiger partial charge in [0.1, 0.15) is 11.2 Å². The molecule has 0 saturated heterocycles. The topological polar surface area (TPSA) is 51.8 Å². The molecule has 3 aromatic heterocycles. The van der Waals surface area contributed by atoms with E-state index in [1.54, 1.807) is 29.5 Å². The molecule has 0 bridgehead atoms. The Labute approximate surface area is 306 Å². The van der Waals surface area contributed by atoms with Crippen molar-refractivity contribution in [3.63, 3.8) is 0 Å². The van der Waals surface area contributed by atoms with Gasteiger partial charge in [-0.1, -0.05) is 121 Å². The Morgan fingerprint density at radius 3 is 1.96 bits per heavy atom. The summed E-state index contributed by atoms with van der Waals surface area (Å²) in [5.41, 5.74) is 2.45. The van der Waals surface area contributed by atoms with Crippen LogP contribution in [-0.4, -0.2) is 15.0 Å². The van der Waals surface area contributed by atoms with Crippen molar-refractivity contribution in [1.29, 1.82) is 0 Å². The highest BCUT2D eigenvalue weighted by Gasteiger charge is 2.21. The van der Waals surface area contributed by atoms with Crippen LogP contribution in [-0.2, 0) is 0 Å². The van der Waals surface area contributed by atoms with Gasteiger partial charge < -0.3 is 4.42 Å². The first-order chi connectivity index (χ1) is 28.9. The lowest BCUT2D eigenvalue weighted by Gasteiger charge is -2.10. The van der Waals surface area contributed by atoms with Crippen LogP contribution in [0.2, 0.25) is 0 Å². The van der Waals surface area contributed by atoms with Crippen LogP contribution in [0.1, 0.15) is 13.7 Å². The highest BCUT2D eigenvalue weighted by molar-refractivity contribution is 7.25. The van der Waals surface area contributed by atoms with Gasteiger partial charge in [0.25, 0.3) is 0 Å². The molecule has 0 saturated carbocycles. The number of benzene rings is 7. The van der Waals surface area contributed by atoms with Crippen molar-refractivity contribution in [2.75, 3.05) is 0 Å². The lowest BCUT2D eigenvalue weighted by molar-refractivity contribution is 0.670. The lowest BCUT2D eigenvalue weighted by Crippen LogP contribution is -2.00. The van der Waals surface area contributed by atoms with Crippen molar-refractivity contribution in [2.45, 2.75) is 0 Å². The molecule has 0 aliphatic heterocycles. The van der Waals surface area contributed by atoms with E-state index in [0.717, 1.165) is 31.3 Å². The van der Waals surface area contributed by atoms with Crippen molar-refractivity contribution in [2.24, 2.45) is 0 Å². The molecule has 0 aliphatic carbocycles. The zero-order valence-corrected chi connectivity index (χ0v) is 26.8. The summed E-state index contributed by atoms with van der Waals surface area (Å²) in [5.74, 6) is 1.12. The van der Waals surface area contributed by atoms with E-state index >= 15 is 0 Å². The molecule has 0 aliphatic rings. The first kappa shape index (κ1) is 20.2. The molecule has 10 rings (SSSR count). The molecule has 10 aromatic rings. The Kier molecular flexibility index (Phi) is 4.69. The molecule has 0 unspecified atom stereocenters. The number of hydrogen-bond acceptors (Lipinski definition) is 5. The zero-order valence-electron chi connectivity index (χ0n) is 36.0. The summed E-state index contributed by atoms with van der Waals surface area (Å²) in [7, 11) is 0. The second-order valence-electron chi connectivity index (χ2n) is 11.7. The van der Waals surface area contributed by atoms with Gasteiger partial charge in [-0.3, -0.25) is 0 Å². The third-order valence-electron chi connectivity index (χ3n) is 8.70. The second kappa shape index (κ2) is 11.6. The number of furan rings is 1. The summed E-state index contributed by atoms with van der Waals surface area (Å²) >= 11 is 1.71.